The molecule has 0 fully saturated rings. The first-order valence-corrected chi connectivity index (χ1v) is 11.9. The Kier molecular flexibility index (Phi) is 7.29. The fourth-order valence-corrected chi connectivity index (χ4v) is 4.58. The first-order chi connectivity index (χ1) is 17.0. The molecule has 7 nitrogen and oxygen atoms in total. The number of amides is 1. The van der Waals surface area contributed by atoms with E-state index in [0.29, 0.717) is 34.0 Å². The average molecular weight is 486 g/mol. The smallest absolute Gasteiger partial charge is 0.273 e. The molecule has 0 atom stereocenters. The molecule has 0 saturated heterocycles. The number of nitriles is 1. The lowest BCUT2D eigenvalue weighted by molar-refractivity contribution is -0.111. The molecule has 2 aromatic carbocycles. The predicted octanol–water partition coefficient (Wildman–Crippen LogP) is 3.59. The van der Waals surface area contributed by atoms with Gasteiger partial charge in [-0.25, -0.2) is 0 Å². The predicted molar refractivity (Wildman–Crippen MR) is 136 cm³/mol. The second-order valence-electron chi connectivity index (χ2n) is 7.46. The second kappa shape index (κ2) is 10.7. The van der Waals surface area contributed by atoms with Crippen LogP contribution >= 0.6 is 11.3 Å². The van der Waals surface area contributed by atoms with Crippen molar-refractivity contribution in [3.63, 3.8) is 0 Å². The molecule has 1 amide bonds. The van der Waals surface area contributed by atoms with Crippen molar-refractivity contribution >= 4 is 34.6 Å². The van der Waals surface area contributed by atoms with Crippen molar-refractivity contribution in [1.82, 2.24) is 4.57 Å². The third kappa shape index (κ3) is 5.10. The number of nitrogens with zero attached hydrogens (tertiary/aromatic N) is 2. The fraction of sp³-hybridized carbons (Fsp3) is 0.148. The number of benzene rings is 2. The molecule has 4 rings (SSSR count). The van der Waals surface area contributed by atoms with Crippen LogP contribution < -0.4 is 24.8 Å². The van der Waals surface area contributed by atoms with Crippen molar-refractivity contribution in [2.45, 2.75) is 20.3 Å². The van der Waals surface area contributed by atoms with E-state index >= 15 is 0 Å². The summed E-state index contributed by atoms with van der Waals surface area (Å²) in [7, 11) is 0. The van der Waals surface area contributed by atoms with E-state index in [1.54, 1.807) is 42.5 Å². The molecule has 0 aliphatic carbocycles. The summed E-state index contributed by atoms with van der Waals surface area (Å²) in [5, 5.41) is 12.7. The van der Waals surface area contributed by atoms with Crippen LogP contribution in [0.4, 0.5) is 5.69 Å². The van der Waals surface area contributed by atoms with Gasteiger partial charge >= 0.3 is 0 Å². The van der Waals surface area contributed by atoms with Crippen molar-refractivity contribution in [2.24, 2.45) is 0 Å². The van der Waals surface area contributed by atoms with E-state index in [-0.39, 0.29) is 15.8 Å². The molecule has 35 heavy (non-hydrogen) atoms. The monoisotopic (exact) mass is 485 g/mol. The zero-order valence-corrected chi connectivity index (χ0v) is 20.1. The summed E-state index contributed by atoms with van der Waals surface area (Å²) in [6.45, 7) is 4.31. The average Bonchev–Trinajstić information content (AvgIpc) is 3.49. The van der Waals surface area contributed by atoms with Gasteiger partial charge in [0.25, 0.3) is 11.5 Å². The molecular formula is C27H23N3O4S. The molecule has 4 aromatic rings. The number of thiazole rings is 1. The summed E-state index contributed by atoms with van der Waals surface area (Å²) in [6.07, 6.45) is 3.96. The lowest BCUT2D eigenvalue weighted by atomic mass is 10.1. The molecule has 0 bridgehead atoms. The third-order valence-corrected chi connectivity index (χ3v) is 6.32. The first kappa shape index (κ1) is 23.8. The molecule has 0 radical (unpaired) electrons. The summed E-state index contributed by atoms with van der Waals surface area (Å²) < 4.78 is 12.9. The molecule has 1 N–H and O–H groups in total. The Morgan fingerprint density at radius 2 is 1.91 bits per heavy atom. The SMILES string of the molecule is CCOc1ccccc1NC(=O)/C(C#N)=c1\s/c(=C\c2ccco2)c(=O)n1-c1ccc(CC)cc1. The second-order valence-corrected chi connectivity index (χ2v) is 8.49. The quantitative estimate of drug-likeness (QED) is 0.431. The van der Waals surface area contributed by atoms with Gasteiger partial charge in [-0.05, 0) is 55.3 Å². The van der Waals surface area contributed by atoms with Gasteiger partial charge in [0.1, 0.15) is 22.2 Å². The van der Waals surface area contributed by atoms with Crippen LogP contribution in [0.15, 0.2) is 76.1 Å². The molecule has 0 unspecified atom stereocenters. The summed E-state index contributed by atoms with van der Waals surface area (Å²) in [4.78, 5) is 26.7. The van der Waals surface area contributed by atoms with Crippen molar-refractivity contribution in [2.75, 3.05) is 11.9 Å². The molecule has 0 aliphatic heterocycles. The van der Waals surface area contributed by atoms with Crippen LogP contribution in [0.2, 0.25) is 0 Å². The van der Waals surface area contributed by atoms with Crippen LogP contribution in [-0.2, 0) is 11.2 Å². The summed E-state index contributed by atoms with van der Waals surface area (Å²) in [6, 6.07) is 19.9. The number of aryl methyl sites for hydroxylation is 1. The number of hydrogen-bond acceptors (Lipinski definition) is 6. The standard InChI is InChI=1S/C27H23N3O4S/c1-3-18-11-13-19(14-12-18)30-26(32)24(16-20-8-7-15-34-20)35-27(30)21(17-28)25(31)29-22-9-5-6-10-23(22)33-4-2/h5-16H,3-4H2,1-2H3,(H,29,31)/b24-16-,27-21-. The van der Waals surface area contributed by atoms with E-state index in [0.717, 1.165) is 23.3 Å². The summed E-state index contributed by atoms with van der Waals surface area (Å²) >= 11 is 1.06. The number of carbonyl (C=O) groups excluding carboxylic acids is 1. The summed E-state index contributed by atoms with van der Waals surface area (Å²) in [5.74, 6) is 0.354. The lowest BCUT2D eigenvalue weighted by Crippen LogP contribution is -2.32. The molecule has 2 aromatic heterocycles. The van der Waals surface area contributed by atoms with Gasteiger partial charge in [-0.3, -0.25) is 14.2 Å². The molecular weight excluding hydrogens is 462 g/mol. The minimum Gasteiger partial charge on any atom is -0.492 e. The number of nitrogens with one attached hydrogen (secondary N) is 1. The zero-order chi connectivity index (χ0) is 24.8. The van der Waals surface area contributed by atoms with Crippen molar-refractivity contribution in [3.8, 4) is 17.5 Å². The van der Waals surface area contributed by atoms with Gasteiger partial charge in [0.15, 0.2) is 5.57 Å². The van der Waals surface area contributed by atoms with Crippen LogP contribution in [0.3, 0.4) is 0 Å². The highest BCUT2D eigenvalue weighted by molar-refractivity contribution is 7.07. The summed E-state index contributed by atoms with van der Waals surface area (Å²) in [5.41, 5.74) is 1.58. The maximum absolute atomic E-state index is 13.4. The molecule has 0 saturated carbocycles. The van der Waals surface area contributed by atoms with Gasteiger partial charge in [-0.2, -0.15) is 5.26 Å². The van der Waals surface area contributed by atoms with Gasteiger partial charge in [-0.15, -0.1) is 11.3 Å². The van der Waals surface area contributed by atoms with Crippen molar-refractivity contribution in [3.05, 3.63) is 97.8 Å². The van der Waals surface area contributed by atoms with Crippen LogP contribution in [0.5, 0.6) is 5.75 Å². The molecule has 8 heteroatoms. The largest absolute Gasteiger partial charge is 0.492 e. The Morgan fingerprint density at radius 3 is 2.57 bits per heavy atom. The highest BCUT2D eigenvalue weighted by Crippen LogP contribution is 2.24. The number of ether oxygens (including phenoxy) is 1. The number of furan rings is 1. The fourth-order valence-electron chi connectivity index (χ4n) is 3.50. The van der Waals surface area contributed by atoms with E-state index in [4.69, 9.17) is 9.15 Å². The highest BCUT2D eigenvalue weighted by atomic mass is 32.1. The number of rotatable bonds is 7. The maximum Gasteiger partial charge on any atom is 0.273 e. The molecule has 0 aliphatic rings. The van der Waals surface area contributed by atoms with Crippen LogP contribution in [0.1, 0.15) is 25.2 Å². The van der Waals surface area contributed by atoms with Gasteiger partial charge in [0.2, 0.25) is 0 Å². The molecule has 2 heterocycles. The van der Waals surface area contributed by atoms with Crippen molar-refractivity contribution < 1.29 is 13.9 Å². The highest BCUT2D eigenvalue weighted by Gasteiger charge is 2.18. The van der Waals surface area contributed by atoms with Gasteiger partial charge < -0.3 is 14.5 Å². The number of carbonyl (C=O) groups is 1. The molecule has 176 valence electrons. The maximum atomic E-state index is 13.4. The van der Waals surface area contributed by atoms with Crippen LogP contribution in [0, 0.1) is 11.3 Å². The Labute approximate surface area is 205 Å². The number of para-hydroxylation sites is 2. The Hall–Kier alpha value is -4.35. The third-order valence-electron chi connectivity index (χ3n) is 5.23. The number of aromatic nitrogens is 1. The van der Waals surface area contributed by atoms with Gasteiger partial charge in [0.05, 0.1) is 28.8 Å². The number of anilines is 1. The van der Waals surface area contributed by atoms with E-state index in [2.05, 4.69) is 5.32 Å². The van der Waals surface area contributed by atoms with E-state index < -0.39 is 5.91 Å². The zero-order valence-electron chi connectivity index (χ0n) is 19.3. The lowest BCUT2D eigenvalue weighted by Gasteiger charge is -2.11. The number of hydrogen-bond donors (Lipinski definition) is 1. The van der Waals surface area contributed by atoms with E-state index in [1.807, 2.05) is 44.2 Å². The van der Waals surface area contributed by atoms with Crippen molar-refractivity contribution in [1.29, 1.82) is 5.26 Å². The van der Waals surface area contributed by atoms with Gasteiger partial charge in [0, 0.05) is 6.08 Å². The van der Waals surface area contributed by atoms with Crippen LogP contribution in [-0.4, -0.2) is 17.1 Å². The first-order valence-electron chi connectivity index (χ1n) is 11.1. The van der Waals surface area contributed by atoms with E-state index in [9.17, 15) is 14.9 Å². The topological polar surface area (TPSA) is 97.3 Å². The Morgan fingerprint density at radius 1 is 1.14 bits per heavy atom. The molecule has 0 spiro atoms. The minimum atomic E-state index is -0.635. The Balaban J connectivity index is 1.92. The van der Waals surface area contributed by atoms with Crippen LogP contribution in [0.25, 0.3) is 17.3 Å². The van der Waals surface area contributed by atoms with Gasteiger partial charge in [-0.1, -0.05) is 31.2 Å². The minimum absolute atomic E-state index is 0.183. The van der Waals surface area contributed by atoms with E-state index in [1.165, 1.54) is 10.8 Å². The Bertz CT molecular complexity index is 1560. The normalized spacial score (nSPS) is 12.2.